The van der Waals surface area contributed by atoms with Crippen molar-refractivity contribution in [2.75, 3.05) is 22.3 Å². The molecule has 4 N–H and O–H groups in total. The number of nitrogens with zero attached hydrogens (tertiary/aromatic N) is 4. The van der Waals surface area contributed by atoms with E-state index < -0.39 is 0 Å². The van der Waals surface area contributed by atoms with Gasteiger partial charge in [0.05, 0.1) is 5.75 Å². The second kappa shape index (κ2) is 10.7. The molecule has 0 bridgehead atoms. The quantitative estimate of drug-likeness (QED) is 0.201. The molecule has 0 aliphatic rings. The number of hydrazone groups is 1. The fourth-order valence-corrected chi connectivity index (χ4v) is 3.44. The fraction of sp³-hybridized carbons (Fsp3) is 0.0526. The Labute approximate surface area is 187 Å². The van der Waals surface area contributed by atoms with Crippen molar-refractivity contribution in [3.8, 4) is 0 Å². The monoisotopic (exact) mass is 461 g/mol. The molecular formula is C19H17Cl2N7OS. The highest BCUT2D eigenvalue weighted by molar-refractivity contribution is 7.99. The molecule has 8 nitrogen and oxygen atoms in total. The van der Waals surface area contributed by atoms with E-state index in [9.17, 15) is 4.79 Å². The second-order valence-electron chi connectivity index (χ2n) is 5.83. The number of benzene rings is 2. The van der Waals surface area contributed by atoms with Gasteiger partial charge in [0.1, 0.15) is 0 Å². The standard InChI is InChI=1S/C19H17Cl2N7OS/c20-14-9-15(21)11-16(10-14)24-17(29)12-30-19-27-26-18(28(19)22)25-23-8-4-7-13-5-2-1-3-6-13/h1-11H,12,22H2,(H,24,29)(H,25,26)/b7-4+,23-8+. The number of nitrogens with two attached hydrogens (primary N) is 1. The SMILES string of the molecule is Nn1c(N/N=C/C=C/c2ccccc2)nnc1SCC(=O)Nc1cc(Cl)cc(Cl)c1. The lowest BCUT2D eigenvalue weighted by molar-refractivity contribution is -0.113. The third-order valence-corrected chi connectivity index (χ3v) is 4.94. The van der Waals surface area contributed by atoms with E-state index >= 15 is 0 Å². The predicted molar refractivity (Wildman–Crippen MR) is 124 cm³/mol. The summed E-state index contributed by atoms with van der Waals surface area (Å²) in [7, 11) is 0. The highest BCUT2D eigenvalue weighted by Gasteiger charge is 2.12. The zero-order valence-electron chi connectivity index (χ0n) is 15.5. The van der Waals surface area contributed by atoms with Gasteiger partial charge < -0.3 is 11.2 Å². The molecule has 1 heterocycles. The zero-order chi connectivity index (χ0) is 21.3. The average molecular weight is 462 g/mol. The van der Waals surface area contributed by atoms with E-state index in [1.54, 1.807) is 30.5 Å². The Morgan fingerprint density at radius 3 is 2.63 bits per heavy atom. The molecule has 0 aliphatic heterocycles. The first-order chi connectivity index (χ1) is 14.5. The number of hydrogen-bond donors (Lipinski definition) is 3. The topological polar surface area (TPSA) is 110 Å². The van der Waals surface area contributed by atoms with E-state index in [2.05, 4.69) is 26.0 Å². The van der Waals surface area contributed by atoms with Crippen molar-refractivity contribution in [1.29, 1.82) is 0 Å². The summed E-state index contributed by atoms with van der Waals surface area (Å²) in [5.41, 5.74) is 4.26. The third-order valence-electron chi connectivity index (χ3n) is 3.56. The molecule has 0 saturated carbocycles. The van der Waals surface area contributed by atoms with Crippen LogP contribution >= 0.6 is 35.0 Å². The van der Waals surface area contributed by atoms with Gasteiger partial charge in [0.15, 0.2) is 0 Å². The lowest BCUT2D eigenvalue weighted by Crippen LogP contribution is -2.16. The Bertz CT molecular complexity index is 1050. The van der Waals surface area contributed by atoms with Crippen LogP contribution < -0.4 is 16.6 Å². The van der Waals surface area contributed by atoms with E-state index in [0.29, 0.717) is 20.9 Å². The molecule has 0 aliphatic carbocycles. The summed E-state index contributed by atoms with van der Waals surface area (Å²) in [6.45, 7) is 0. The van der Waals surface area contributed by atoms with Crippen molar-refractivity contribution in [2.45, 2.75) is 5.16 Å². The molecule has 0 unspecified atom stereocenters. The number of nitrogen functional groups attached to an aromatic ring is 1. The van der Waals surface area contributed by atoms with E-state index in [-0.39, 0.29) is 17.6 Å². The molecule has 3 rings (SSSR count). The van der Waals surface area contributed by atoms with Crippen molar-refractivity contribution in [3.05, 3.63) is 70.2 Å². The molecular weight excluding hydrogens is 445 g/mol. The highest BCUT2D eigenvalue weighted by atomic mass is 35.5. The van der Waals surface area contributed by atoms with E-state index in [1.807, 2.05) is 36.4 Å². The Hall–Kier alpha value is -3.01. The van der Waals surface area contributed by atoms with Gasteiger partial charge in [-0.05, 0) is 29.8 Å². The minimum Gasteiger partial charge on any atom is -0.334 e. The number of allylic oxidation sites excluding steroid dienone is 1. The van der Waals surface area contributed by atoms with Crippen LogP contribution in [0.25, 0.3) is 6.08 Å². The van der Waals surface area contributed by atoms with Crippen molar-refractivity contribution < 1.29 is 4.79 Å². The van der Waals surface area contributed by atoms with Gasteiger partial charge in [-0.2, -0.15) is 5.10 Å². The van der Waals surface area contributed by atoms with Gasteiger partial charge in [0.2, 0.25) is 11.1 Å². The van der Waals surface area contributed by atoms with Crippen LogP contribution in [0.4, 0.5) is 11.6 Å². The largest absolute Gasteiger partial charge is 0.334 e. The number of thioether (sulfide) groups is 1. The minimum absolute atomic E-state index is 0.0720. The van der Waals surface area contributed by atoms with Crippen LogP contribution in [0.3, 0.4) is 0 Å². The van der Waals surface area contributed by atoms with Gasteiger partial charge in [-0.25, -0.2) is 10.1 Å². The Morgan fingerprint density at radius 2 is 1.90 bits per heavy atom. The molecule has 11 heteroatoms. The van der Waals surface area contributed by atoms with Crippen molar-refractivity contribution in [3.63, 3.8) is 0 Å². The highest BCUT2D eigenvalue weighted by Crippen LogP contribution is 2.23. The Kier molecular flexibility index (Phi) is 7.72. The molecule has 30 heavy (non-hydrogen) atoms. The van der Waals surface area contributed by atoms with Crippen molar-refractivity contribution in [1.82, 2.24) is 14.9 Å². The first kappa shape index (κ1) is 21.7. The van der Waals surface area contributed by atoms with Gasteiger partial charge in [0, 0.05) is 21.9 Å². The summed E-state index contributed by atoms with van der Waals surface area (Å²) in [4.78, 5) is 12.1. The molecule has 2 aromatic carbocycles. The maximum atomic E-state index is 12.1. The normalized spacial score (nSPS) is 11.3. The molecule has 1 amide bonds. The van der Waals surface area contributed by atoms with Crippen molar-refractivity contribution in [2.24, 2.45) is 5.10 Å². The predicted octanol–water partition coefficient (Wildman–Crippen LogP) is 4.14. The van der Waals surface area contributed by atoms with Crippen LogP contribution in [0.1, 0.15) is 5.56 Å². The van der Waals surface area contributed by atoms with Crippen molar-refractivity contribution >= 4 is 64.8 Å². The average Bonchev–Trinajstić information content (AvgIpc) is 3.06. The zero-order valence-corrected chi connectivity index (χ0v) is 17.8. The second-order valence-corrected chi connectivity index (χ2v) is 7.65. The number of carbonyl (C=O) groups is 1. The maximum Gasteiger partial charge on any atom is 0.264 e. The summed E-state index contributed by atoms with van der Waals surface area (Å²) < 4.78 is 1.21. The summed E-state index contributed by atoms with van der Waals surface area (Å²) in [5, 5.41) is 15.8. The third kappa shape index (κ3) is 6.51. The van der Waals surface area contributed by atoms with E-state index in [0.717, 1.165) is 17.3 Å². The molecule has 0 saturated heterocycles. The van der Waals surface area contributed by atoms with Crippen LogP contribution in [0.2, 0.25) is 10.0 Å². The first-order valence-corrected chi connectivity index (χ1v) is 10.4. The van der Waals surface area contributed by atoms with Crippen LogP contribution in [0, 0.1) is 0 Å². The van der Waals surface area contributed by atoms with Crippen LogP contribution in [-0.4, -0.2) is 32.7 Å². The smallest absolute Gasteiger partial charge is 0.264 e. The van der Waals surface area contributed by atoms with Gasteiger partial charge in [0.25, 0.3) is 5.95 Å². The molecule has 154 valence electrons. The van der Waals surface area contributed by atoms with Gasteiger partial charge in [-0.15, -0.1) is 10.2 Å². The molecule has 1 aromatic heterocycles. The molecule has 0 atom stereocenters. The number of halogens is 2. The molecule has 3 aromatic rings. The van der Waals surface area contributed by atoms with Crippen LogP contribution in [0.5, 0.6) is 0 Å². The van der Waals surface area contributed by atoms with E-state index in [1.165, 1.54) is 4.68 Å². The van der Waals surface area contributed by atoms with E-state index in [4.69, 9.17) is 29.0 Å². The Balaban J connectivity index is 1.49. The Morgan fingerprint density at radius 1 is 1.17 bits per heavy atom. The summed E-state index contributed by atoms with van der Waals surface area (Å²) >= 11 is 13.0. The van der Waals surface area contributed by atoms with Crippen LogP contribution in [0.15, 0.2) is 64.9 Å². The summed E-state index contributed by atoms with van der Waals surface area (Å²) in [6, 6.07) is 14.6. The number of aromatic nitrogens is 3. The molecule has 0 radical (unpaired) electrons. The molecule has 0 fully saturated rings. The lowest BCUT2D eigenvalue weighted by Gasteiger charge is -2.06. The summed E-state index contributed by atoms with van der Waals surface area (Å²) in [6.07, 6.45) is 5.26. The van der Waals surface area contributed by atoms with Gasteiger partial charge >= 0.3 is 0 Å². The number of carbonyl (C=O) groups excluding carboxylic acids is 1. The van der Waals surface area contributed by atoms with Crippen LogP contribution in [-0.2, 0) is 4.79 Å². The van der Waals surface area contributed by atoms with Gasteiger partial charge in [-0.1, -0.05) is 71.4 Å². The van der Waals surface area contributed by atoms with Gasteiger partial charge in [-0.3, -0.25) is 4.79 Å². The maximum absolute atomic E-state index is 12.1. The number of rotatable bonds is 8. The lowest BCUT2D eigenvalue weighted by atomic mass is 10.2. The number of anilines is 2. The fourth-order valence-electron chi connectivity index (χ4n) is 2.26. The minimum atomic E-state index is -0.264. The number of hydrogen-bond acceptors (Lipinski definition) is 7. The number of amides is 1. The summed E-state index contributed by atoms with van der Waals surface area (Å²) in [5.74, 6) is 5.99. The number of nitrogens with one attached hydrogen (secondary N) is 2. The first-order valence-electron chi connectivity index (χ1n) is 8.61. The molecule has 0 spiro atoms.